The van der Waals surface area contributed by atoms with Gasteiger partial charge >= 0.3 is 0 Å². The van der Waals surface area contributed by atoms with E-state index in [0.717, 1.165) is 66.3 Å². The van der Waals surface area contributed by atoms with Crippen LogP contribution in [-0.4, -0.2) is 24.1 Å². The Morgan fingerprint density at radius 3 is 1.40 bits per heavy atom. The zero-order chi connectivity index (χ0) is 34.6. The zero-order valence-electron chi connectivity index (χ0n) is 27.8. The number of rotatable bonds is 5. The Balaban J connectivity index is 1.20. The highest BCUT2D eigenvalue weighted by molar-refractivity contribution is 6.19. The van der Waals surface area contributed by atoms with Crippen molar-refractivity contribution in [1.29, 1.82) is 0 Å². The van der Waals surface area contributed by atoms with Crippen LogP contribution in [0.1, 0.15) is 0 Å². The van der Waals surface area contributed by atoms with E-state index in [2.05, 4.69) is 105 Å². The fourth-order valence-corrected chi connectivity index (χ4v) is 7.42. The summed E-state index contributed by atoms with van der Waals surface area (Å²) in [6.45, 7) is 8.41. The van der Waals surface area contributed by atoms with Crippen LogP contribution in [-0.2, 0) is 0 Å². The molecule has 0 saturated carbocycles. The van der Waals surface area contributed by atoms with Gasteiger partial charge in [0.05, 0.1) is 34.3 Å². The van der Waals surface area contributed by atoms with Crippen LogP contribution in [0.4, 0.5) is 5.69 Å². The van der Waals surface area contributed by atoms with Crippen LogP contribution in [0.15, 0.2) is 170 Å². The second kappa shape index (κ2) is 11.9. The minimum absolute atomic E-state index is 0.509. The summed E-state index contributed by atoms with van der Waals surface area (Å²) in [6.07, 6.45) is 0. The first-order chi connectivity index (χ1) is 25.7. The molecule has 52 heavy (non-hydrogen) atoms. The minimum atomic E-state index is 0.509. The predicted octanol–water partition coefficient (Wildman–Crippen LogP) is 11.6. The van der Waals surface area contributed by atoms with Crippen molar-refractivity contribution < 1.29 is 0 Å². The van der Waals surface area contributed by atoms with E-state index in [1.54, 1.807) is 0 Å². The van der Waals surface area contributed by atoms with Crippen LogP contribution >= 0.6 is 0 Å². The summed E-state index contributed by atoms with van der Waals surface area (Å²) in [5.41, 5.74) is 9.35. The van der Waals surface area contributed by atoms with Crippen molar-refractivity contribution in [1.82, 2.24) is 24.1 Å². The molecular formula is C46H28N6. The van der Waals surface area contributed by atoms with Gasteiger partial charge in [-0.05, 0) is 48.5 Å². The first-order valence-electron chi connectivity index (χ1n) is 17.2. The van der Waals surface area contributed by atoms with Crippen molar-refractivity contribution in [2.75, 3.05) is 0 Å². The van der Waals surface area contributed by atoms with Crippen LogP contribution < -0.4 is 0 Å². The summed E-state index contributed by atoms with van der Waals surface area (Å²) in [4.78, 5) is 18.8. The number of benzene rings is 7. The van der Waals surface area contributed by atoms with Crippen molar-refractivity contribution in [3.05, 3.63) is 181 Å². The molecule has 6 heteroatoms. The topological polar surface area (TPSA) is 52.9 Å². The molecule has 0 bridgehead atoms. The van der Waals surface area contributed by atoms with Gasteiger partial charge in [-0.3, -0.25) is 0 Å². The van der Waals surface area contributed by atoms with Crippen molar-refractivity contribution in [3.8, 4) is 45.5 Å². The average Bonchev–Trinajstić information content (AvgIpc) is 3.72. The molecular weight excluding hydrogens is 637 g/mol. The average molecular weight is 665 g/mol. The molecule has 0 unspecified atom stereocenters. The number of aromatic nitrogens is 5. The maximum absolute atomic E-state index is 8.41. The molecule has 242 valence electrons. The normalized spacial score (nSPS) is 11.4. The molecule has 0 saturated heterocycles. The fraction of sp³-hybridized carbons (Fsp3) is 0. The van der Waals surface area contributed by atoms with E-state index in [1.165, 1.54) is 5.39 Å². The SMILES string of the molecule is [C-]#[N+]c1cc(-c2nc(-c3ccccc3)nc(-c3ccccc3)n2)ccc1-n1c2ccccc2c2cc3c(cc21)c1ccccc1n3-c1ccccc1. The van der Waals surface area contributed by atoms with Gasteiger partial charge in [0.15, 0.2) is 17.5 Å². The fourth-order valence-electron chi connectivity index (χ4n) is 7.42. The number of nitrogens with zero attached hydrogens (tertiary/aromatic N) is 6. The number of hydrogen-bond acceptors (Lipinski definition) is 3. The third-order valence-corrected chi connectivity index (χ3v) is 9.77. The van der Waals surface area contributed by atoms with Gasteiger partial charge in [0.1, 0.15) is 0 Å². The van der Waals surface area contributed by atoms with Gasteiger partial charge in [-0.25, -0.2) is 19.8 Å². The van der Waals surface area contributed by atoms with E-state index in [9.17, 15) is 0 Å². The van der Waals surface area contributed by atoms with E-state index in [1.807, 2.05) is 78.9 Å². The van der Waals surface area contributed by atoms with E-state index < -0.39 is 0 Å². The van der Waals surface area contributed by atoms with Crippen LogP contribution in [0.3, 0.4) is 0 Å². The summed E-state index contributed by atoms with van der Waals surface area (Å²) in [5.74, 6) is 1.68. The Hall–Kier alpha value is -7.36. The van der Waals surface area contributed by atoms with E-state index >= 15 is 0 Å². The van der Waals surface area contributed by atoms with Gasteiger partial charge in [-0.2, -0.15) is 0 Å². The molecule has 0 amide bonds. The molecule has 0 fully saturated rings. The monoisotopic (exact) mass is 664 g/mol. The van der Waals surface area contributed by atoms with Crippen molar-refractivity contribution in [2.24, 2.45) is 0 Å². The maximum Gasteiger partial charge on any atom is 0.211 e. The summed E-state index contributed by atoms with van der Waals surface area (Å²) < 4.78 is 4.58. The predicted molar refractivity (Wildman–Crippen MR) is 211 cm³/mol. The highest BCUT2D eigenvalue weighted by atomic mass is 15.0. The van der Waals surface area contributed by atoms with Gasteiger partial charge in [-0.15, -0.1) is 0 Å². The number of hydrogen-bond donors (Lipinski definition) is 0. The summed E-state index contributed by atoms with van der Waals surface area (Å²) in [5, 5.41) is 4.59. The molecule has 7 aromatic carbocycles. The molecule has 0 radical (unpaired) electrons. The molecule has 3 heterocycles. The molecule has 10 aromatic rings. The molecule has 0 aliphatic rings. The van der Waals surface area contributed by atoms with Crippen LogP contribution in [0.5, 0.6) is 0 Å². The number of fused-ring (bicyclic) bond motifs is 6. The van der Waals surface area contributed by atoms with Crippen molar-refractivity contribution in [3.63, 3.8) is 0 Å². The molecule has 0 aliphatic carbocycles. The Kier molecular flexibility index (Phi) is 6.76. The van der Waals surface area contributed by atoms with Crippen LogP contribution in [0.2, 0.25) is 0 Å². The van der Waals surface area contributed by atoms with Gasteiger partial charge in [0.25, 0.3) is 0 Å². The largest absolute Gasteiger partial charge is 0.319 e. The smallest absolute Gasteiger partial charge is 0.211 e. The van der Waals surface area contributed by atoms with Crippen molar-refractivity contribution >= 4 is 49.3 Å². The second-order valence-corrected chi connectivity index (χ2v) is 12.8. The second-order valence-electron chi connectivity index (χ2n) is 12.8. The lowest BCUT2D eigenvalue weighted by atomic mass is 10.1. The molecule has 10 rings (SSSR count). The maximum atomic E-state index is 8.41. The highest BCUT2D eigenvalue weighted by Gasteiger charge is 2.20. The molecule has 0 atom stereocenters. The lowest BCUT2D eigenvalue weighted by Gasteiger charge is -2.13. The Morgan fingerprint density at radius 1 is 0.385 bits per heavy atom. The third-order valence-electron chi connectivity index (χ3n) is 9.77. The first kappa shape index (κ1) is 29.5. The summed E-state index contributed by atoms with van der Waals surface area (Å²) >= 11 is 0. The summed E-state index contributed by atoms with van der Waals surface area (Å²) in [7, 11) is 0. The van der Waals surface area contributed by atoms with Crippen molar-refractivity contribution in [2.45, 2.75) is 0 Å². The zero-order valence-corrected chi connectivity index (χ0v) is 27.8. The van der Waals surface area contributed by atoms with Crippen LogP contribution in [0.25, 0.3) is 94.0 Å². The van der Waals surface area contributed by atoms with E-state index in [4.69, 9.17) is 21.5 Å². The lowest BCUT2D eigenvalue weighted by Crippen LogP contribution is -2.00. The summed E-state index contributed by atoms with van der Waals surface area (Å²) in [6, 6.07) is 57.9. The third kappa shape index (κ3) is 4.68. The Bertz CT molecular complexity index is 2950. The van der Waals surface area contributed by atoms with Gasteiger partial charge in [-0.1, -0.05) is 121 Å². The number of para-hydroxylation sites is 3. The van der Waals surface area contributed by atoms with Gasteiger partial charge in [0, 0.05) is 43.9 Å². The molecule has 0 spiro atoms. The molecule has 0 N–H and O–H groups in total. The van der Waals surface area contributed by atoms with E-state index in [-0.39, 0.29) is 0 Å². The first-order valence-corrected chi connectivity index (χ1v) is 17.2. The lowest BCUT2D eigenvalue weighted by molar-refractivity contribution is 1.07. The Labute approximate surface area is 299 Å². The standard InChI is InChI=1S/C46H28N6/c1-47-38-27-32(46-49-44(30-15-5-2-6-16-30)48-45(50-46)31-17-7-3-8-18-31)25-26-41(38)52-40-24-14-12-22-35(40)37-28-42-36(29-43(37)52)34-21-11-13-23-39(34)51(42)33-19-9-4-10-20-33/h2-29H. The van der Waals surface area contributed by atoms with Gasteiger partial charge < -0.3 is 9.13 Å². The van der Waals surface area contributed by atoms with Gasteiger partial charge in [0.2, 0.25) is 5.69 Å². The molecule has 6 nitrogen and oxygen atoms in total. The minimum Gasteiger partial charge on any atom is -0.319 e. The quantitative estimate of drug-likeness (QED) is 0.172. The van der Waals surface area contributed by atoms with Crippen LogP contribution in [0, 0.1) is 6.57 Å². The molecule has 3 aromatic heterocycles. The molecule has 0 aliphatic heterocycles. The highest BCUT2D eigenvalue weighted by Crippen LogP contribution is 2.41. The Morgan fingerprint density at radius 2 is 0.846 bits per heavy atom. The van der Waals surface area contributed by atoms with E-state index in [0.29, 0.717) is 23.2 Å².